The zero-order chi connectivity index (χ0) is 23.9. The summed E-state index contributed by atoms with van der Waals surface area (Å²) in [6.07, 6.45) is 9.17. The quantitative estimate of drug-likeness (QED) is 0.403. The van der Waals surface area contributed by atoms with Crippen LogP contribution in [0.25, 0.3) is 16.5 Å². The summed E-state index contributed by atoms with van der Waals surface area (Å²) in [4.78, 5) is 23.3. The van der Waals surface area contributed by atoms with Crippen LogP contribution in [0, 0.1) is 11.3 Å². The number of H-pyrrole nitrogens is 1. The summed E-state index contributed by atoms with van der Waals surface area (Å²) in [5.74, 6) is -0.349. The Morgan fingerprint density at radius 1 is 1.29 bits per heavy atom. The van der Waals surface area contributed by atoms with E-state index in [1.54, 1.807) is 12.1 Å². The number of hydrogen-bond donors (Lipinski definition) is 2. The molecule has 0 atom stereocenters. The number of benzene rings is 1. The maximum atomic E-state index is 12.9. The number of hydrogen-bond acceptors (Lipinski definition) is 6. The van der Waals surface area contributed by atoms with Crippen LogP contribution in [0.3, 0.4) is 0 Å². The van der Waals surface area contributed by atoms with E-state index in [9.17, 15) is 4.79 Å². The lowest BCUT2D eigenvalue weighted by Gasteiger charge is -2.26. The molecule has 34 heavy (non-hydrogen) atoms. The third-order valence-electron chi connectivity index (χ3n) is 5.88. The average molecular weight is 454 g/mol. The van der Waals surface area contributed by atoms with Gasteiger partial charge < -0.3 is 5.32 Å². The largest absolute Gasteiger partial charge is 0.319 e. The van der Waals surface area contributed by atoms with E-state index in [4.69, 9.17) is 5.26 Å². The van der Waals surface area contributed by atoms with E-state index in [0.29, 0.717) is 11.4 Å². The number of aliphatic imine (C=N–C) groups is 1. The Morgan fingerprint density at radius 3 is 2.82 bits per heavy atom. The lowest BCUT2D eigenvalue weighted by molar-refractivity contribution is 0.102. The normalized spacial score (nSPS) is 15.2. The van der Waals surface area contributed by atoms with Crippen LogP contribution in [0.4, 0.5) is 5.69 Å². The SMILES string of the molecule is C=N/C=C(\C=C(/C)c1ccc2[nH]nc(C(=O)Nc3ccc(C#N)nc3)c2c1)CN1CCCCC1. The van der Waals surface area contributed by atoms with Crippen molar-refractivity contribution in [3.8, 4) is 6.07 Å². The van der Waals surface area contributed by atoms with Crippen LogP contribution in [-0.2, 0) is 0 Å². The van der Waals surface area contributed by atoms with Gasteiger partial charge in [0.05, 0.1) is 17.4 Å². The summed E-state index contributed by atoms with van der Waals surface area (Å²) in [6.45, 7) is 8.74. The molecular weight excluding hydrogens is 426 g/mol. The van der Waals surface area contributed by atoms with E-state index in [1.165, 1.54) is 25.5 Å². The fraction of sp³-hybridized carbons (Fsp3) is 0.269. The van der Waals surface area contributed by atoms with Crippen LogP contribution < -0.4 is 5.32 Å². The molecule has 1 aliphatic rings. The topological polar surface area (TPSA) is 110 Å². The number of piperidine rings is 1. The first-order valence-corrected chi connectivity index (χ1v) is 11.3. The molecule has 3 aromatic rings. The van der Waals surface area contributed by atoms with Crippen molar-refractivity contribution < 1.29 is 4.79 Å². The van der Waals surface area contributed by atoms with Gasteiger partial charge in [-0.15, -0.1) is 0 Å². The number of carbonyl (C=O) groups is 1. The summed E-state index contributed by atoms with van der Waals surface area (Å²) in [7, 11) is 0. The standard InChI is InChI=1S/C26H27N7O/c1-18(12-19(15-28-2)17-33-10-4-3-5-11-33)20-6-9-24-23(13-20)25(32-31-24)26(34)30-22-8-7-21(14-27)29-16-22/h6-9,12-13,15-16H,2-5,10-11,17H2,1H3,(H,30,34)(H,31,32)/b18-12+,19-15+. The van der Waals surface area contributed by atoms with Crippen molar-refractivity contribution in [1.82, 2.24) is 20.1 Å². The van der Waals surface area contributed by atoms with Gasteiger partial charge in [-0.2, -0.15) is 10.4 Å². The first-order chi connectivity index (χ1) is 16.6. The molecule has 2 N–H and O–H groups in total. The van der Waals surface area contributed by atoms with Gasteiger partial charge in [-0.05, 0) is 80.5 Å². The van der Waals surface area contributed by atoms with Gasteiger partial charge in [0.1, 0.15) is 11.8 Å². The number of fused-ring (bicyclic) bond motifs is 1. The number of anilines is 1. The first-order valence-electron chi connectivity index (χ1n) is 11.3. The number of amides is 1. The number of likely N-dealkylation sites (tertiary alicyclic amines) is 1. The van der Waals surface area contributed by atoms with Crippen LogP contribution in [-0.4, -0.2) is 52.3 Å². The van der Waals surface area contributed by atoms with Crippen molar-refractivity contribution in [2.45, 2.75) is 26.2 Å². The summed E-state index contributed by atoms with van der Waals surface area (Å²) in [5.41, 5.74) is 5.02. The molecule has 1 amide bonds. The number of nitrogens with zero attached hydrogens (tertiary/aromatic N) is 5. The number of nitriles is 1. The van der Waals surface area contributed by atoms with Crippen molar-refractivity contribution in [3.05, 3.63) is 71.3 Å². The van der Waals surface area contributed by atoms with Crippen LogP contribution in [0.1, 0.15) is 47.9 Å². The minimum Gasteiger partial charge on any atom is -0.319 e. The van der Waals surface area contributed by atoms with E-state index in [2.05, 4.69) is 50.1 Å². The number of rotatable bonds is 7. The number of aromatic nitrogens is 3. The monoisotopic (exact) mass is 453 g/mol. The minimum absolute atomic E-state index is 0.287. The Morgan fingerprint density at radius 2 is 2.12 bits per heavy atom. The predicted octanol–water partition coefficient (Wildman–Crippen LogP) is 4.56. The summed E-state index contributed by atoms with van der Waals surface area (Å²) in [5, 5.41) is 19.5. The summed E-state index contributed by atoms with van der Waals surface area (Å²) < 4.78 is 0. The number of allylic oxidation sites excluding steroid dienone is 1. The highest BCUT2D eigenvalue weighted by Gasteiger charge is 2.16. The van der Waals surface area contributed by atoms with Gasteiger partial charge in [-0.1, -0.05) is 18.6 Å². The van der Waals surface area contributed by atoms with Gasteiger partial charge in [-0.3, -0.25) is 19.8 Å². The zero-order valence-electron chi connectivity index (χ0n) is 19.2. The fourth-order valence-electron chi connectivity index (χ4n) is 4.13. The maximum Gasteiger partial charge on any atom is 0.276 e. The molecular formula is C26H27N7O. The van der Waals surface area contributed by atoms with Gasteiger partial charge in [0.2, 0.25) is 0 Å². The molecule has 2 aromatic heterocycles. The number of aromatic amines is 1. The van der Waals surface area contributed by atoms with Crippen LogP contribution >= 0.6 is 0 Å². The molecule has 0 radical (unpaired) electrons. The zero-order valence-corrected chi connectivity index (χ0v) is 19.2. The molecule has 8 heteroatoms. The third kappa shape index (κ3) is 5.45. The molecule has 0 bridgehead atoms. The lowest BCUT2D eigenvalue weighted by atomic mass is 10.0. The Hall–Kier alpha value is -4.09. The van der Waals surface area contributed by atoms with Crippen LogP contribution in [0.15, 0.2) is 59.4 Å². The molecule has 1 aliphatic heterocycles. The number of carbonyl (C=O) groups excluding carboxylic acids is 1. The molecule has 8 nitrogen and oxygen atoms in total. The van der Waals surface area contributed by atoms with Crippen molar-refractivity contribution in [2.24, 2.45) is 4.99 Å². The van der Waals surface area contributed by atoms with Crippen molar-refractivity contribution in [1.29, 1.82) is 5.26 Å². The van der Waals surface area contributed by atoms with Crippen LogP contribution in [0.5, 0.6) is 0 Å². The minimum atomic E-state index is -0.349. The van der Waals surface area contributed by atoms with Gasteiger partial charge in [0, 0.05) is 18.1 Å². The molecule has 4 rings (SSSR count). The Kier molecular flexibility index (Phi) is 7.25. The molecule has 1 aromatic carbocycles. The predicted molar refractivity (Wildman–Crippen MR) is 135 cm³/mol. The Labute approximate surface area is 198 Å². The molecule has 172 valence electrons. The maximum absolute atomic E-state index is 12.9. The number of nitrogens with one attached hydrogen (secondary N) is 2. The smallest absolute Gasteiger partial charge is 0.276 e. The second kappa shape index (κ2) is 10.7. The van der Waals surface area contributed by atoms with E-state index < -0.39 is 0 Å². The van der Waals surface area contributed by atoms with Gasteiger partial charge in [-0.25, -0.2) is 4.98 Å². The fourth-order valence-corrected chi connectivity index (χ4v) is 4.13. The summed E-state index contributed by atoms with van der Waals surface area (Å²) in [6, 6.07) is 11.1. The van der Waals surface area contributed by atoms with E-state index in [1.807, 2.05) is 30.5 Å². The van der Waals surface area contributed by atoms with Crippen molar-refractivity contribution in [2.75, 3.05) is 25.0 Å². The molecule has 0 unspecified atom stereocenters. The van der Waals surface area contributed by atoms with Crippen molar-refractivity contribution in [3.63, 3.8) is 0 Å². The second-order valence-corrected chi connectivity index (χ2v) is 8.38. The third-order valence-corrected chi connectivity index (χ3v) is 5.88. The van der Waals surface area contributed by atoms with Gasteiger partial charge in [0.25, 0.3) is 5.91 Å². The summed E-state index contributed by atoms with van der Waals surface area (Å²) >= 11 is 0. The molecule has 3 heterocycles. The van der Waals surface area contributed by atoms with E-state index in [0.717, 1.165) is 47.2 Å². The van der Waals surface area contributed by atoms with Gasteiger partial charge in [0.15, 0.2) is 5.69 Å². The number of pyridine rings is 1. The molecule has 0 spiro atoms. The first kappa shape index (κ1) is 23.1. The highest BCUT2D eigenvalue weighted by atomic mass is 16.1. The Bertz CT molecular complexity index is 1290. The molecule has 0 saturated carbocycles. The second-order valence-electron chi connectivity index (χ2n) is 8.38. The molecule has 0 aliphatic carbocycles. The average Bonchev–Trinajstić information content (AvgIpc) is 3.29. The van der Waals surface area contributed by atoms with E-state index in [-0.39, 0.29) is 11.6 Å². The Balaban J connectivity index is 1.56. The molecule has 1 fully saturated rings. The van der Waals surface area contributed by atoms with Gasteiger partial charge >= 0.3 is 0 Å². The molecule has 1 saturated heterocycles. The highest BCUT2D eigenvalue weighted by Crippen LogP contribution is 2.24. The highest BCUT2D eigenvalue weighted by molar-refractivity contribution is 6.11. The van der Waals surface area contributed by atoms with Crippen LogP contribution in [0.2, 0.25) is 0 Å². The van der Waals surface area contributed by atoms with Crippen molar-refractivity contribution >= 4 is 34.8 Å². The van der Waals surface area contributed by atoms with E-state index >= 15 is 0 Å². The lowest BCUT2D eigenvalue weighted by Crippen LogP contribution is -2.31.